The maximum atomic E-state index is 12.1. The summed E-state index contributed by atoms with van der Waals surface area (Å²) in [6.07, 6.45) is -0.907. The van der Waals surface area contributed by atoms with E-state index in [9.17, 15) is 18.3 Å². The summed E-state index contributed by atoms with van der Waals surface area (Å²) >= 11 is 0. The first kappa shape index (κ1) is 15.6. The Balaban J connectivity index is 2.93. The van der Waals surface area contributed by atoms with Crippen molar-refractivity contribution in [2.24, 2.45) is 0 Å². The molecule has 0 aliphatic rings. The predicted octanol–water partition coefficient (Wildman–Crippen LogP) is 0.315. The second-order valence-corrected chi connectivity index (χ2v) is 6.39. The van der Waals surface area contributed by atoms with Crippen molar-refractivity contribution >= 4 is 16.0 Å². The van der Waals surface area contributed by atoms with E-state index in [4.69, 9.17) is 5.11 Å². The first-order chi connectivity index (χ1) is 8.73. The van der Waals surface area contributed by atoms with Gasteiger partial charge in [-0.3, -0.25) is 4.79 Å². The molecule has 0 saturated heterocycles. The number of aliphatic carboxylic acids is 1. The summed E-state index contributed by atoms with van der Waals surface area (Å²) < 4.78 is 25.3. The summed E-state index contributed by atoms with van der Waals surface area (Å²) in [4.78, 5) is 10.6. The average Bonchev–Trinajstić information content (AvgIpc) is 2.27. The van der Waals surface area contributed by atoms with Crippen LogP contribution in [0.2, 0.25) is 0 Å². The van der Waals surface area contributed by atoms with Crippen LogP contribution in [0.1, 0.15) is 12.5 Å². The molecule has 1 atom stereocenters. The van der Waals surface area contributed by atoms with Gasteiger partial charge in [0.05, 0.1) is 17.4 Å². The van der Waals surface area contributed by atoms with Crippen molar-refractivity contribution in [2.75, 3.05) is 13.6 Å². The van der Waals surface area contributed by atoms with Gasteiger partial charge in [0.1, 0.15) is 0 Å². The van der Waals surface area contributed by atoms with Crippen LogP contribution in [0.4, 0.5) is 0 Å². The lowest BCUT2D eigenvalue weighted by atomic mass is 10.2. The van der Waals surface area contributed by atoms with Crippen molar-refractivity contribution in [1.29, 1.82) is 0 Å². The van der Waals surface area contributed by atoms with Gasteiger partial charge in [-0.15, -0.1) is 0 Å². The Bertz CT molecular complexity index is 536. The Hall–Kier alpha value is -1.44. The third-order valence-corrected chi connectivity index (χ3v) is 4.35. The van der Waals surface area contributed by atoms with Gasteiger partial charge in [-0.05, 0) is 24.6 Å². The van der Waals surface area contributed by atoms with Crippen LogP contribution < -0.4 is 0 Å². The van der Waals surface area contributed by atoms with E-state index in [1.165, 1.54) is 38.2 Å². The van der Waals surface area contributed by atoms with Crippen LogP contribution in [-0.2, 0) is 21.2 Å². The molecule has 0 aliphatic heterocycles. The molecular weight excluding hydrogens is 270 g/mol. The van der Waals surface area contributed by atoms with E-state index in [2.05, 4.69) is 0 Å². The fourth-order valence-corrected chi connectivity index (χ4v) is 2.86. The number of hydrogen-bond acceptors (Lipinski definition) is 4. The molecule has 106 valence electrons. The van der Waals surface area contributed by atoms with Crippen LogP contribution in [0, 0.1) is 0 Å². The zero-order chi connectivity index (χ0) is 14.6. The van der Waals surface area contributed by atoms with Crippen molar-refractivity contribution in [3.63, 3.8) is 0 Å². The topological polar surface area (TPSA) is 94.9 Å². The molecule has 0 fully saturated rings. The number of likely N-dealkylation sites (N-methyl/N-ethyl adjacent to an activating group) is 1. The van der Waals surface area contributed by atoms with Gasteiger partial charge < -0.3 is 10.2 Å². The number of carboxylic acids is 1. The predicted molar refractivity (Wildman–Crippen MR) is 69.3 cm³/mol. The summed E-state index contributed by atoms with van der Waals surface area (Å²) in [6, 6.07) is 5.67. The molecule has 7 heteroatoms. The maximum absolute atomic E-state index is 12.1. The van der Waals surface area contributed by atoms with E-state index < -0.39 is 22.1 Å². The van der Waals surface area contributed by atoms with Crippen LogP contribution in [0.5, 0.6) is 0 Å². The molecule has 0 saturated carbocycles. The molecule has 0 aromatic heterocycles. The summed E-state index contributed by atoms with van der Waals surface area (Å²) in [7, 11) is -2.27. The molecule has 1 aromatic carbocycles. The van der Waals surface area contributed by atoms with Crippen LogP contribution >= 0.6 is 0 Å². The zero-order valence-corrected chi connectivity index (χ0v) is 11.6. The second-order valence-electron chi connectivity index (χ2n) is 4.35. The molecule has 2 N–H and O–H groups in total. The minimum atomic E-state index is -3.65. The number of sulfonamides is 1. The Morgan fingerprint density at radius 3 is 2.26 bits per heavy atom. The van der Waals surface area contributed by atoms with Crippen LogP contribution in [0.25, 0.3) is 0 Å². The van der Waals surface area contributed by atoms with Gasteiger partial charge in [-0.1, -0.05) is 12.1 Å². The van der Waals surface area contributed by atoms with Crippen molar-refractivity contribution < 1.29 is 23.4 Å². The van der Waals surface area contributed by atoms with E-state index in [0.29, 0.717) is 5.56 Å². The third kappa shape index (κ3) is 4.30. The monoisotopic (exact) mass is 287 g/mol. The molecule has 0 amide bonds. The van der Waals surface area contributed by atoms with E-state index in [1.807, 2.05) is 0 Å². The maximum Gasteiger partial charge on any atom is 0.307 e. The number of aliphatic hydroxyl groups is 1. The number of rotatable bonds is 6. The van der Waals surface area contributed by atoms with Crippen molar-refractivity contribution in [3.05, 3.63) is 29.8 Å². The fourth-order valence-electron chi connectivity index (χ4n) is 1.60. The Morgan fingerprint density at radius 2 is 1.84 bits per heavy atom. The van der Waals surface area contributed by atoms with Crippen LogP contribution in [-0.4, -0.2) is 48.6 Å². The minimum Gasteiger partial charge on any atom is -0.481 e. The number of hydrogen-bond donors (Lipinski definition) is 2. The van der Waals surface area contributed by atoms with E-state index in [-0.39, 0.29) is 17.9 Å². The highest BCUT2D eigenvalue weighted by atomic mass is 32.2. The van der Waals surface area contributed by atoms with Gasteiger partial charge >= 0.3 is 5.97 Å². The molecule has 0 radical (unpaired) electrons. The SMILES string of the molecule is CC(O)CN(C)S(=O)(=O)c1ccc(CC(=O)O)cc1. The number of nitrogens with zero attached hydrogens (tertiary/aromatic N) is 1. The highest BCUT2D eigenvalue weighted by Gasteiger charge is 2.21. The lowest BCUT2D eigenvalue weighted by Gasteiger charge is -2.18. The highest BCUT2D eigenvalue weighted by Crippen LogP contribution is 2.15. The van der Waals surface area contributed by atoms with E-state index >= 15 is 0 Å². The largest absolute Gasteiger partial charge is 0.481 e. The smallest absolute Gasteiger partial charge is 0.307 e. The summed E-state index contributed by atoms with van der Waals surface area (Å²) in [6.45, 7) is 1.50. The lowest BCUT2D eigenvalue weighted by Crippen LogP contribution is -2.33. The standard InChI is InChI=1S/C12H17NO5S/c1-9(14)8-13(2)19(17,18)11-5-3-10(4-6-11)7-12(15)16/h3-6,9,14H,7-8H2,1-2H3,(H,15,16). The Labute approximate surface area is 112 Å². The first-order valence-electron chi connectivity index (χ1n) is 5.68. The van der Waals surface area contributed by atoms with E-state index in [1.54, 1.807) is 0 Å². The number of benzene rings is 1. The normalized spacial score (nSPS) is 13.5. The molecular formula is C12H17NO5S. The van der Waals surface area contributed by atoms with Crippen LogP contribution in [0.3, 0.4) is 0 Å². The summed E-state index contributed by atoms with van der Waals surface area (Å²) in [5.74, 6) is -0.971. The third-order valence-electron chi connectivity index (χ3n) is 2.51. The van der Waals surface area contributed by atoms with Gasteiger partial charge in [0.25, 0.3) is 0 Å². The first-order valence-corrected chi connectivity index (χ1v) is 7.12. The molecule has 0 spiro atoms. The van der Waals surface area contributed by atoms with Gasteiger partial charge in [-0.2, -0.15) is 4.31 Å². The van der Waals surface area contributed by atoms with Gasteiger partial charge in [-0.25, -0.2) is 8.42 Å². The zero-order valence-electron chi connectivity index (χ0n) is 10.8. The van der Waals surface area contributed by atoms with Gasteiger partial charge in [0, 0.05) is 13.6 Å². The average molecular weight is 287 g/mol. The molecule has 19 heavy (non-hydrogen) atoms. The number of aliphatic hydroxyl groups excluding tert-OH is 1. The molecule has 0 bridgehead atoms. The van der Waals surface area contributed by atoms with Crippen molar-refractivity contribution in [1.82, 2.24) is 4.31 Å². The lowest BCUT2D eigenvalue weighted by molar-refractivity contribution is -0.136. The molecule has 1 unspecified atom stereocenters. The Morgan fingerprint density at radius 1 is 1.32 bits per heavy atom. The Kier molecular flexibility index (Phi) is 5.04. The van der Waals surface area contributed by atoms with Gasteiger partial charge in [0.2, 0.25) is 10.0 Å². The molecule has 1 rings (SSSR count). The molecule has 0 heterocycles. The molecule has 6 nitrogen and oxygen atoms in total. The highest BCUT2D eigenvalue weighted by molar-refractivity contribution is 7.89. The molecule has 0 aliphatic carbocycles. The fraction of sp³-hybridized carbons (Fsp3) is 0.417. The minimum absolute atomic E-state index is 0.000783. The molecule has 1 aromatic rings. The van der Waals surface area contributed by atoms with Crippen LogP contribution in [0.15, 0.2) is 29.2 Å². The van der Waals surface area contributed by atoms with Crippen molar-refractivity contribution in [2.45, 2.75) is 24.3 Å². The second kappa shape index (κ2) is 6.14. The quantitative estimate of drug-likeness (QED) is 0.785. The van der Waals surface area contributed by atoms with E-state index in [0.717, 1.165) is 4.31 Å². The summed E-state index contributed by atoms with van der Waals surface area (Å²) in [5.41, 5.74) is 0.532. The summed E-state index contributed by atoms with van der Waals surface area (Å²) in [5, 5.41) is 17.8. The van der Waals surface area contributed by atoms with Crippen molar-refractivity contribution in [3.8, 4) is 0 Å². The number of carbonyl (C=O) groups is 1. The number of carboxylic acid groups (broad SMARTS) is 1. The van der Waals surface area contributed by atoms with Gasteiger partial charge in [0.15, 0.2) is 0 Å².